The van der Waals surface area contributed by atoms with Crippen LogP contribution in [0.15, 0.2) is 34.9 Å². The first kappa shape index (κ1) is 14.7. The fraction of sp³-hybridized carbons (Fsp3) is 0.200. The molecule has 0 aliphatic heterocycles. The highest BCUT2D eigenvalue weighted by Gasteiger charge is 2.11. The van der Waals surface area contributed by atoms with Crippen molar-refractivity contribution < 1.29 is 4.79 Å². The maximum Gasteiger partial charge on any atom is 0.255 e. The quantitative estimate of drug-likeness (QED) is 0.906. The number of hydrogen-bond acceptors (Lipinski definition) is 3. The number of nitrogens with two attached hydrogens (primary N) is 1. The molecule has 0 radical (unpaired) electrons. The zero-order valence-electron chi connectivity index (χ0n) is 11.4. The van der Waals surface area contributed by atoms with Gasteiger partial charge in [-0.15, -0.1) is 0 Å². The molecule has 0 unspecified atom stereocenters. The van der Waals surface area contributed by atoms with Gasteiger partial charge in [0.15, 0.2) is 0 Å². The van der Waals surface area contributed by atoms with Crippen molar-refractivity contribution in [3.63, 3.8) is 0 Å². The molecule has 0 aliphatic carbocycles. The van der Waals surface area contributed by atoms with Gasteiger partial charge in [-0.3, -0.25) is 9.78 Å². The SMILES string of the molecule is Cc1cc(C)c(NC(=O)c2ccnc(CN)c2)c(Br)c1. The van der Waals surface area contributed by atoms with Gasteiger partial charge in [0.05, 0.1) is 11.4 Å². The van der Waals surface area contributed by atoms with Crippen LogP contribution >= 0.6 is 15.9 Å². The van der Waals surface area contributed by atoms with Crippen molar-refractivity contribution in [2.45, 2.75) is 20.4 Å². The van der Waals surface area contributed by atoms with Crippen molar-refractivity contribution in [2.24, 2.45) is 5.73 Å². The summed E-state index contributed by atoms with van der Waals surface area (Å²) in [6.45, 7) is 4.29. The highest BCUT2D eigenvalue weighted by Crippen LogP contribution is 2.28. The first-order valence-electron chi connectivity index (χ1n) is 6.24. The summed E-state index contributed by atoms with van der Waals surface area (Å²) in [5, 5.41) is 2.92. The zero-order valence-corrected chi connectivity index (χ0v) is 13.0. The number of aryl methyl sites for hydroxylation is 2. The number of rotatable bonds is 3. The number of amides is 1. The van der Waals surface area contributed by atoms with Crippen LogP contribution in [-0.2, 0) is 6.54 Å². The largest absolute Gasteiger partial charge is 0.325 e. The standard InChI is InChI=1S/C15H16BrN3O/c1-9-5-10(2)14(13(16)6-9)19-15(20)11-3-4-18-12(7-11)8-17/h3-7H,8,17H2,1-2H3,(H,19,20). The van der Waals surface area contributed by atoms with E-state index < -0.39 is 0 Å². The van der Waals surface area contributed by atoms with E-state index in [4.69, 9.17) is 5.73 Å². The smallest absolute Gasteiger partial charge is 0.255 e. The molecule has 0 fully saturated rings. The summed E-state index contributed by atoms with van der Waals surface area (Å²) in [4.78, 5) is 16.4. The van der Waals surface area contributed by atoms with Crippen LogP contribution in [0.4, 0.5) is 5.69 Å². The number of carbonyl (C=O) groups excluding carboxylic acids is 1. The first-order valence-corrected chi connectivity index (χ1v) is 7.03. The Morgan fingerprint density at radius 2 is 2.10 bits per heavy atom. The van der Waals surface area contributed by atoms with Crippen molar-refractivity contribution in [3.8, 4) is 0 Å². The molecule has 0 spiro atoms. The summed E-state index contributed by atoms with van der Waals surface area (Å²) in [7, 11) is 0. The molecular weight excluding hydrogens is 318 g/mol. The number of carbonyl (C=O) groups is 1. The monoisotopic (exact) mass is 333 g/mol. The molecule has 1 amide bonds. The molecule has 1 aromatic heterocycles. The topological polar surface area (TPSA) is 68.0 Å². The van der Waals surface area contributed by atoms with Crippen LogP contribution in [0.25, 0.3) is 0 Å². The van der Waals surface area contributed by atoms with Crippen LogP contribution in [-0.4, -0.2) is 10.9 Å². The summed E-state index contributed by atoms with van der Waals surface area (Å²) in [5.41, 5.74) is 9.71. The second-order valence-corrected chi connectivity index (χ2v) is 5.49. The van der Waals surface area contributed by atoms with E-state index >= 15 is 0 Å². The van der Waals surface area contributed by atoms with Crippen molar-refractivity contribution in [3.05, 3.63) is 57.3 Å². The maximum atomic E-state index is 12.3. The van der Waals surface area contributed by atoms with Gasteiger partial charge in [0.25, 0.3) is 5.91 Å². The number of nitrogens with one attached hydrogen (secondary N) is 1. The highest BCUT2D eigenvalue weighted by molar-refractivity contribution is 9.10. The molecule has 2 rings (SSSR count). The van der Waals surface area contributed by atoms with E-state index in [2.05, 4.69) is 26.2 Å². The third-order valence-corrected chi connectivity index (χ3v) is 3.58. The average Bonchev–Trinajstić information content (AvgIpc) is 2.42. The first-order chi connectivity index (χ1) is 9.51. The van der Waals surface area contributed by atoms with Gasteiger partial charge in [-0.05, 0) is 59.1 Å². The van der Waals surface area contributed by atoms with Gasteiger partial charge in [-0.1, -0.05) is 6.07 Å². The molecule has 4 nitrogen and oxygen atoms in total. The molecule has 3 N–H and O–H groups in total. The molecule has 20 heavy (non-hydrogen) atoms. The zero-order chi connectivity index (χ0) is 14.7. The van der Waals surface area contributed by atoms with Crippen molar-refractivity contribution in [1.29, 1.82) is 0 Å². The number of halogens is 1. The molecule has 0 saturated heterocycles. The molecule has 1 aromatic carbocycles. The lowest BCUT2D eigenvalue weighted by atomic mass is 10.1. The van der Waals surface area contributed by atoms with Crippen molar-refractivity contribution in [1.82, 2.24) is 4.98 Å². The lowest BCUT2D eigenvalue weighted by Gasteiger charge is -2.12. The molecule has 0 saturated carbocycles. The number of aromatic nitrogens is 1. The third kappa shape index (κ3) is 3.23. The molecule has 0 atom stereocenters. The minimum absolute atomic E-state index is 0.172. The van der Waals surface area contributed by atoms with E-state index in [0.717, 1.165) is 21.3 Å². The minimum Gasteiger partial charge on any atom is -0.325 e. The molecule has 0 aliphatic rings. The number of anilines is 1. The molecule has 104 valence electrons. The van der Waals surface area contributed by atoms with Crippen molar-refractivity contribution >= 4 is 27.5 Å². The van der Waals surface area contributed by atoms with Crippen LogP contribution in [0, 0.1) is 13.8 Å². The van der Waals surface area contributed by atoms with Gasteiger partial charge in [-0.2, -0.15) is 0 Å². The van der Waals surface area contributed by atoms with E-state index in [-0.39, 0.29) is 5.91 Å². The summed E-state index contributed by atoms with van der Waals surface area (Å²) in [5.74, 6) is -0.172. The van der Waals surface area contributed by atoms with E-state index in [1.54, 1.807) is 18.3 Å². The lowest BCUT2D eigenvalue weighted by Crippen LogP contribution is -2.14. The average molecular weight is 334 g/mol. The Kier molecular flexibility index (Phi) is 4.52. The van der Waals surface area contributed by atoms with E-state index in [9.17, 15) is 4.79 Å². The van der Waals surface area contributed by atoms with E-state index in [0.29, 0.717) is 17.8 Å². The Bertz CT molecular complexity index is 632. The van der Waals surface area contributed by atoms with Crippen LogP contribution in [0.3, 0.4) is 0 Å². The fourth-order valence-electron chi connectivity index (χ4n) is 1.99. The third-order valence-electron chi connectivity index (χ3n) is 2.96. The number of hydrogen-bond donors (Lipinski definition) is 2. The van der Waals surface area contributed by atoms with Gasteiger partial charge in [0.1, 0.15) is 0 Å². The Labute approximate surface area is 126 Å². The van der Waals surface area contributed by atoms with Gasteiger partial charge in [-0.25, -0.2) is 0 Å². The van der Waals surface area contributed by atoms with Gasteiger partial charge in [0, 0.05) is 22.8 Å². The van der Waals surface area contributed by atoms with Crippen LogP contribution in [0.2, 0.25) is 0 Å². The Morgan fingerprint density at radius 3 is 2.75 bits per heavy atom. The summed E-state index contributed by atoms with van der Waals surface area (Å²) in [6, 6.07) is 7.37. The van der Waals surface area contributed by atoms with Gasteiger partial charge in [0.2, 0.25) is 0 Å². The number of nitrogens with zero attached hydrogens (tertiary/aromatic N) is 1. The Balaban J connectivity index is 2.28. The number of pyridine rings is 1. The fourth-order valence-corrected chi connectivity index (χ4v) is 2.76. The van der Waals surface area contributed by atoms with Gasteiger partial charge < -0.3 is 11.1 Å². The Hall–Kier alpha value is -1.72. The molecule has 2 aromatic rings. The predicted molar refractivity (Wildman–Crippen MR) is 83.7 cm³/mol. The predicted octanol–water partition coefficient (Wildman–Crippen LogP) is 3.17. The molecular formula is C15H16BrN3O. The lowest BCUT2D eigenvalue weighted by molar-refractivity contribution is 0.102. The van der Waals surface area contributed by atoms with Crippen LogP contribution < -0.4 is 11.1 Å². The van der Waals surface area contributed by atoms with Crippen LogP contribution in [0.5, 0.6) is 0 Å². The van der Waals surface area contributed by atoms with E-state index in [1.807, 2.05) is 26.0 Å². The van der Waals surface area contributed by atoms with Crippen molar-refractivity contribution in [2.75, 3.05) is 5.32 Å². The second-order valence-electron chi connectivity index (χ2n) is 4.63. The highest BCUT2D eigenvalue weighted by atomic mass is 79.9. The van der Waals surface area contributed by atoms with E-state index in [1.165, 1.54) is 0 Å². The minimum atomic E-state index is -0.172. The molecule has 5 heteroatoms. The summed E-state index contributed by atoms with van der Waals surface area (Å²) >= 11 is 3.48. The normalized spacial score (nSPS) is 10.4. The van der Waals surface area contributed by atoms with Crippen LogP contribution in [0.1, 0.15) is 27.2 Å². The maximum absolute atomic E-state index is 12.3. The molecule has 0 bridgehead atoms. The summed E-state index contributed by atoms with van der Waals surface area (Å²) in [6.07, 6.45) is 1.59. The Morgan fingerprint density at radius 1 is 1.35 bits per heavy atom. The second kappa shape index (κ2) is 6.15. The van der Waals surface area contributed by atoms with Gasteiger partial charge >= 0.3 is 0 Å². The summed E-state index contributed by atoms with van der Waals surface area (Å²) < 4.78 is 0.872. The molecule has 1 heterocycles. The number of benzene rings is 1.